The summed E-state index contributed by atoms with van der Waals surface area (Å²) < 4.78 is 39.4. The van der Waals surface area contributed by atoms with E-state index in [2.05, 4.69) is 20.6 Å². The summed E-state index contributed by atoms with van der Waals surface area (Å²) in [5.41, 5.74) is 1.23. The first-order chi connectivity index (χ1) is 13.7. The lowest BCUT2D eigenvalue weighted by Gasteiger charge is -2.21. The van der Waals surface area contributed by atoms with Gasteiger partial charge in [0.1, 0.15) is 6.04 Å². The molecule has 0 fully saturated rings. The van der Waals surface area contributed by atoms with Crippen LogP contribution < -0.4 is 10.6 Å². The van der Waals surface area contributed by atoms with Gasteiger partial charge in [-0.05, 0) is 49.7 Å². The van der Waals surface area contributed by atoms with Crippen LogP contribution in [0.15, 0.2) is 48.5 Å². The molecule has 29 heavy (non-hydrogen) atoms. The number of aromatic amines is 1. The monoisotopic (exact) mass is 406 g/mol. The van der Waals surface area contributed by atoms with Gasteiger partial charge in [-0.25, -0.2) is 4.98 Å². The summed E-state index contributed by atoms with van der Waals surface area (Å²) in [6.45, 7) is 1.80. The standard InChI is InChI=1S/C20H21F3N4O2/c1-12(18(28)29)24-10-9-15(13-5-4-6-14(11-13)20(21,22)23)25-19-26-16-7-2-3-8-17(16)27-19/h2-8,11-12,15,24H,9-10H2,1H3,(H,28,29)(H2,25,26,27)/t12-,15?/m1/s1. The van der Waals surface area contributed by atoms with Crippen LogP contribution in [0.4, 0.5) is 19.1 Å². The Labute approximate surface area is 165 Å². The maximum atomic E-state index is 13.1. The van der Waals surface area contributed by atoms with E-state index in [1.54, 1.807) is 6.07 Å². The number of halogens is 3. The van der Waals surface area contributed by atoms with Gasteiger partial charge in [-0.15, -0.1) is 0 Å². The number of imidazole rings is 1. The highest BCUT2D eigenvalue weighted by Gasteiger charge is 2.31. The van der Waals surface area contributed by atoms with Crippen LogP contribution in [-0.2, 0) is 11.0 Å². The number of H-pyrrole nitrogens is 1. The number of anilines is 1. The highest BCUT2D eigenvalue weighted by Crippen LogP contribution is 2.32. The Hall–Kier alpha value is -3.07. The van der Waals surface area contributed by atoms with Gasteiger partial charge in [-0.1, -0.05) is 24.3 Å². The lowest BCUT2D eigenvalue weighted by molar-refractivity contribution is -0.139. The number of aliphatic carboxylic acids is 1. The first kappa shape index (κ1) is 20.7. The molecule has 154 valence electrons. The summed E-state index contributed by atoms with van der Waals surface area (Å²) in [6.07, 6.45) is -4.09. The molecule has 0 radical (unpaired) electrons. The van der Waals surface area contributed by atoms with E-state index in [0.29, 0.717) is 24.5 Å². The van der Waals surface area contributed by atoms with E-state index in [1.165, 1.54) is 13.0 Å². The van der Waals surface area contributed by atoms with Gasteiger partial charge >= 0.3 is 12.1 Å². The van der Waals surface area contributed by atoms with E-state index in [1.807, 2.05) is 24.3 Å². The number of carboxylic acids is 1. The minimum Gasteiger partial charge on any atom is -0.480 e. The van der Waals surface area contributed by atoms with Crippen molar-refractivity contribution in [1.29, 1.82) is 0 Å². The Morgan fingerprint density at radius 1 is 1.21 bits per heavy atom. The van der Waals surface area contributed by atoms with Crippen LogP contribution in [0.3, 0.4) is 0 Å². The maximum absolute atomic E-state index is 13.1. The number of carbonyl (C=O) groups is 1. The van der Waals surface area contributed by atoms with Gasteiger partial charge < -0.3 is 20.7 Å². The van der Waals surface area contributed by atoms with Crippen molar-refractivity contribution < 1.29 is 23.1 Å². The highest BCUT2D eigenvalue weighted by atomic mass is 19.4. The summed E-state index contributed by atoms with van der Waals surface area (Å²) >= 11 is 0. The first-order valence-corrected chi connectivity index (χ1v) is 9.08. The van der Waals surface area contributed by atoms with Crippen molar-refractivity contribution in [3.05, 3.63) is 59.7 Å². The van der Waals surface area contributed by atoms with Crippen LogP contribution in [-0.4, -0.2) is 33.6 Å². The number of hydrogen-bond donors (Lipinski definition) is 4. The van der Waals surface area contributed by atoms with Gasteiger partial charge in [0.2, 0.25) is 5.95 Å². The Morgan fingerprint density at radius 2 is 1.97 bits per heavy atom. The fraction of sp³-hybridized carbons (Fsp3) is 0.300. The van der Waals surface area contributed by atoms with Crippen molar-refractivity contribution in [2.75, 3.05) is 11.9 Å². The van der Waals surface area contributed by atoms with Gasteiger partial charge in [-0.2, -0.15) is 13.2 Å². The van der Waals surface area contributed by atoms with Gasteiger partial charge in [0.15, 0.2) is 0 Å². The lowest BCUT2D eigenvalue weighted by Crippen LogP contribution is -2.35. The minimum atomic E-state index is -4.45. The van der Waals surface area contributed by atoms with Gasteiger partial charge in [-0.3, -0.25) is 4.79 Å². The molecule has 0 aliphatic rings. The van der Waals surface area contributed by atoms with Gasteiger partial charge in [0.05, 0.1) is 22.6 Å². The van der Waals surface area contributed by atoms with E-state index < -0.39 is 29.8 Å². The molecule has 3 aromatic rings. The Morgan fingerprint density at radius 3 is 2.66 bits per heavy atom. The average molecular weight is 406 g/mol. The Bertz CT molecular complexity index is 954. The van der Waals surface area contributed by atoms with Crippen LogP contribution >= 0.6 is 0 Å². The van der Waals surface area contributed by atoms with Crippen molar-refractivity contribution in [2.24, 2.45) is 0 Å². The fourth-order valence-electron chi connectivity index (χ4n) is 2.97. The van der Waals surface area contributed by atoms with Crippen LogP contribution in [0, 0.1) is 0 Å². The largest absolute Gasteiger partial charge is 0.480 e. The molecule has 0 saturated heterocycles. The minimum absolute atomic E-state index is 0.293. The molecule has 4 N–H and O–H groups in total. The number of benzene rings is 2. The predicted molar refractivity (Wildman–Crippen MR) is 104 cm³/mol. The second-order valence-electron chi connectivity index (χ2n) is 6.73. The van der Waals surface area contributed by atoms with E-state index in [-0.39, 0.29) is 0 Å². The van der Waals surface area contributed by atoms with Crippen molar-refractivity contribution >= 4 is 23.0 Å². The molecule has 6 nitrogen and oxygen atoms in total. The molecule has 0 aliphatic heterocycles. The summed E-state index contributed by atoms with van der Waals surface area (Å²) in [5.74, 6) is -0.564. The molecule has 0 amide bonds. The maximum Gasteiger partial charge on any atom is 0.416 e. The molecule has 2 aromatic carbocycles. The number of nitrogens with one attached hydrogen (secondary N) is 3. The van der Waals surface area contributed by atoms with Crippen LogP contribution in [0.1, 0.15) is 30.5 Å². The summed E-state index contributed by atoms with van der Waals surface area (Å²) in [4.78, 5) is 18.5. The van der Waals surface area contributed by atoms with Crippen LogP contribution in [0.25, 0.3) is 11.0 Å². The number of carboxylic acid groups (broad SMARTS) is 1. The van der Waals surface area contributed by atoms with Crippen LogP contribution in [0.2, 0.25) is 0 Å². The molecule has 1 aromatic heterocycles. The van der Waals surface area contributed by atoms with Crippen molar-refractivity contribution in [3.63, 3.8) is 0 Å². The molecule has 2 atom stereocenters. The average Bonchev–Trinajstić information content (AvgIpc) is 3.09. The third-order valence-corrected chi connectivity index (χ3v) is 4.57. The number of nitrogens with zero attached hydrogens (tertiary/aromatic N) is 1. The van der Waals surface area contributed by atoms with Crippen molar-refractivity contribution in [1.82, 2.24) is 15.3 Å². The lowest BCUT2D eigenvalue weighted by atomic mass is 10.0. The topological polar surface area (TPSA) is 90.0 Å². The Kier molecular flexibility index (Phi) is 6.07. The molecule has 0 spiro atoms. The second kappa shape index (κ2) is 8.52. The third-order valence-electron chi connectivity index (χ3n) is 4.57. The quantitative estimate of drug-likeness (QED) is 0.451. The van der Waals surface area contributed by atoms with Crippen LogP contribution in [0.5, 0.6) is 0 Å². The summed E-state index contributed by atoms with van der Waals surface area (Å²) in [7, 11) is 0. The number of alkyl halides is 3. The highest BCUT2D eigenvalue weighted by molar-refractivity contribution is 5.77. The van der Waals surface area contributed by atoms with Crippen molar-refractivity contribution in [2.45, 2.75) is 31.6 Å². The number of rotatable bonds is 8. The van der Waals surface area contributed by atoms with E-state index in [0.717, 1.165) is 23.2 Å². The summed E-state index contributed by atoms with van der Waals surface area (Å²) in [5, 5.41) is 15.0. The van der Waals surface area contributed by atoms with Gasteiger partial charge in [0.25, 0.3) is 0 Å². The Balaban J connectivity index is 1.83. The smallest absolute Gasteiger partial charge is 0.416 e. The number of aromatic nitrogens is 2. The zero-order valence-corrected chi connectivity index (χ0v) is 15.6. The molecule has 1 unspecified atom stereocenters. The SMILES string of the molecule is C[C@@H](NCCC(Nc1nc2ccccc2[nH]1)c1cccc(C(F)(F)F)c1)C(=O)O. The molecular formula is C20H21F3N4O2. The van der Waals surface area contributed by atoms with E-state index >= 15 is 0 Å². The number of hydrogen-bond acceptors (Lipinski definition) is 4. The third kappa shape index (κ3) is 5.26. The summed E-state index contributed by atoms with van der Waals surface area (Å²) in [6, 6.07) is 11.2. The predicted octanol–water partition coefficient (Wildman–Crippen LogP) is 4.19. The molecule has 0 bridgehead atoms. The number of para-hydroxylation sites is 2. The van der Waals surface area contributed by atoms with Crippen molar-refractivity contribution in [3.8, 4) is 0 Å². The second-order valence-corrected chi connectivity index (χ2v) is 6.73. The molecule has 3 rings (SSSR count). The van der Waals surface area contributed by atoms with E-state index in [4.69, 9.17) is 5.11 Å². The number of fused-ring (bicyclic) bond motifs is 1. The molecule has 0 saturated carbocycles. The zero-order chi connectivity index (χ0) is 21.0. The fourth-order valence-corrected chi connectivity index (χ4v) is 2.97. The normalized spacial score (nSPS) is 13.9. The zero-order valence-electron chi connectivity index (χ0n) is 15.6. The molecule has 1 heterocycles. The van der Waals surface area contributed by atoms with Gasteiger partial charge in [0, 0.05) is 0 Å². The van der Waals surface area contributed by atoms with E-state index in [9.17, 15) is 18.0 Å². The molecular weight excluding hydrogens is 385 g/mol. The molecule has 0 aliphatic carbocycles. The molecule has 9 heteroatoms. The first-order valence-electron chi connectivity index (χ1n) is 9.08.